The molecule has 0 radical (unpaired) electrons. The first-order chi connectivity index (χ1) is 12.0. The van der Waals surface area contributed by atoms with E-state index in [4.69, 9.17) is 0 Å². The normalized spacial score (nSPS) is 10.8. The van der Waals surface area contributed by atoms with Crippen LogP contribution in [0, 0.1) is 24.1 Å². The Morgan fingerprint density at radius 2 is 2.16 bits per heavy atom. The summed E-state index contributed by atoms with van der Waals surface area (Å²) in [7, 11) is 0. The van der Waals surface area contributed by atoms with Crippen LogP contribution in [0.15, 0.2) is 24.3 Å². The number of carbonyl (C=O) groups is 1. The number of hydrogen-bond acceptors (Lipinski definition) is 4. The minimum atomic E-state index is -1.17. The van der Waals surface area contributed by atoms with E-state index < -0.39 is 11.8 Å². The van der Waals surface area contributed by atoms with Crippen LogP contribution < -0.4 is 0 Å². The molecule has 1 N–H and O–H groups in total. The van der Waals surface area contributed by atoms with E-state index in [9.17, 15) is 19.6 Å². The summed E-state index contributed by atoms with van der Waals surface area (Å²) in [6.45, 7) is 3.66. The van der Waals surface area contributed by atoms with E-state index in [-0.39, 0.29) is 22.5 Å². The van der Waals surface area contributed by atoms with Gasteiger partial charge in [-0.05, 0) is 31.5 Å². The molecule has 2 heterocycles. The Balaban J connectivity index is 2.43. The molecule has 1 aromatic carbocycles. The van der Waals surface area contributed by atoms with Gasteiger partial charge in [0.15, 0.2) is 11.3 Å². The molecule has 0 aliphatic heterocycles. The first kappa shape index (κ1) is 16.6. The van der Waals surface area contributed by atoms with Crippen molar-refractivity contribution in [2.24, 2.45) is 0 Å². The number of nitriles is 1. The lowest BCUT2D eigenvalue weighted by Gasteiger charge is -2.07. The molecule has 0 amide bonds. The maximum absolute atomic E-state index is 14.5. The lowest BCUT2D eigenvalue weighted by molar-refractivity contribution is 0.0690. The lowest BCUT2D eigenvalue weighted by atomic mass is 10.00. The molecule has 0 spiro atoms. The first-order valence-corrected chi connectivity index (χ1v) is 7.79. The largest absolute Gasteiger partial charge is 0.477 e. The average Bonchev–Trinajstić information content (AvgIpc) is 2.91. The Morgan fingerprint density at radius 1 is 1.40 bits per heavy atom. The number of aromatic carboxylic acids is 1. The molecule has 0 saturated heterocycles. The van der Waals surface area contributed by atoms with Crippen molar-refractivity contribution in [3.63, 3.8) is 0 Å². The van der Waals surface area contributed by atoms with Crippen molar-refractivity contribution in [3.05, 3.63) is 52.7 Å². The SMILES string of the molecule is CCCc1cc(C(=O)O)nc2c(-c3c(F)cccc3C#N)c(C)nn12. The summed E-state index contributed by atoms with van der Waals surface area (Å²) in [6, 6.07) is 7.67. The molecule has 25 heavy (non-hydrogen) atoms. The third kappa shape index (κ3) is 2.72. The molecular weight excluding hydrogens is 323 g/mol. The maximum Gasteiger partial charge on any atom is 0.354 e. The van der Waals surface area contributed by atoms with Crippen molar-refractivity contribution in [2.75, 3.05) is 0 Å². The molecule has 0 aliphatic rings. The number of carboxylic acid groups (broad SMARTS) is 1. The zero-order valence-electron chi connectivity index (χ0n) is 13.7. The molecule has 126 valence electrons. The van der Waals surface area contributed by atoms with Crippen LogP contribution in [0.25, 0.3) is 16.8 Å². The summed E-state index contributed by atoms with van der Waals surface area (Å²) in [5, 5.41) is 23.1. The highest BCUT2D eigenvalue weighted by Crippen LogP contribution is 2.33. The molecule has 0 bridgehead atoms. The highest BCUT2D eigenvalue weighted by atomic mass is 19.1. The fourth-order valence-corrected chi connectivity index (χ4v) is 2.89. The number of halogens is 1. The van der Waals surface area contributed by atoms with Gasteiger partial charge < -0.3 is 5.11 Å². The molecule has 3 aromatic rings. The van der Waals surface area contributed by atoms with Gasteiger partial charge in [-0.25, -0.2) is 18.7 Å². The number of carboxylic acids is 1. The van der Waals surface area contributed by atoms with Crippen LogP contribution in [0.3, 0.4) is 0 Å². The predicted octanol–water partition coefficient (Wildman–Crippen LogP) is 3.37. The molecule has 0 aliphatic carbocycles. The second kappa shape index (κ2) is 6.32. The average molecular weight is 338 g/mol. The number of benzene rings is 1. The summed E-state index contributed by atoms with van der Waals surface area (Å²) in [4.78, 5) is 15.6. The van der Waals surface area contributed by atoms with Gasteiger partial charge >= 0.3 is 5.97 Å². The van der Waals surface area contributed by atoms with Crippen molar-refractivity contribution in [3.8, 4) is 17.2 Å². The number of hydrogen-bond donors (Lipinski definition) is 1. The summed E-state index contributed by atoms with van der Waals surface area (Å²) in [5.41, 5.74) is 1.85. The Morgan fingerprint density at radius 3 is 2.80 bits per heavy atom. The third-order valence-corrected chi connectivity index (χ3v) is 3.95. The Hall–Kier alpha value is -3.27. The molecule has 0 unspecified atom stereocenters. The van der Waals surface area contributed by atoms with Crippen molar-refractivity contribution < 1.29 is 14.3 Å². The van der Waals surface area contributed by atoms with Crippen molar-refractivity contribution in [2.45, 2.75) is 26.7 Å². The third-order valence-electron chi connectivity index (χ3n) is 3.95. The van der Waals surface area contributed by atoms with Gasteiger partial charge in [-0.1, -0.05) is 19.4 Å². The van der Waals surface area contributed by atoms with Crippen molar-refractivity contribution in [1.29, 1.82) is 5.26 Å². The smallest absolute Gasteiger partial charge is 0.354 e. The second-order valence-corrected chi connectivity index (χ2v) is 5.66. The summed E-state index contributed by atoms with van der Waals surface area (Å²) in [6.07, 6.45) is 1.39. The van der Waals surface area contributed by atoms with E-state index in [1.54, 1.807) is 6.92 Å². The Labute approximate surface area is 143 Å². The van der Waals surface area contributed by atoms with E-state index in [0.29, 0.717) is 23.4 Å². The number of fused-ring (bicyclic) bond motifs is 1. The van der Waals surface area contributed by atoms with Crippen LogP contribution in [0.4, 0.5) is 4.39 Å². The van der Waals surface area contributed by atoms with Crippen LogP contribution in [0.2, 0.25) is 0 Å². The molecule has 0 saturated carbocycles. The van der Waals surface area contributed by atoms with E-state index >= 15 is 0 Å². The number of nitrogens with zero attached hydrogens (tertiary/aromatic N) is 4. The first-order valence-electron chi connectivity index (χ1n) is 7.79. The Bertz CT molecular complexity index is 1030. The van der Waals surface area contributed by atoms with Gasteiger partial charge in [-0.2, -0.15) is 10.4 Å². The molecule has 0 atom stereocenters. The summed E-state index contributed by atoms with van der Waals surface area (Å²) >= 11 is 0. The topological polar surface area (TPSA) is 91.3 Å². The molecule has 0 fully saturated rings. The maximum atomic E-state index is 14.5. The molecular formula is C18H15FN4O2. The lowest BCUT2D eigenvalue weighted by Crippen LogP contribution is -2.08. The van der Waals surface area contributed by atoms with E-state index in [0.717, 1.165) is 6.42 Å². The monoisotopic (exact) mass is 338 g/mol. The van der Waals surface area contributed by atoms with Gasteiger partial charge in [-0.3, -0.25) is 0 Å². The van der Waals surface area contributed by atoms with Gasteiger partial charge in [0.25, 0.3) is 0 Å². The van der Waals surface area contributed by atoms with Gasteiger partial charge in [0.1, 0.15) is 5.82 Å². The standard InChI is InChI=1S/C18H15FN4O2/c1-3-5-12-8-14(18(24)25)21-17-15(10(2)22-23(12)17)16-11(9-20)6-4-7-13(16)19/h4,6-8H,3,5H2,1-2H3,(H,24,25). The molecule has 2 aromatic heterocycles. The number of aryl methyl sites for hydroxylation is 2. The van der Waals surface area contributed by atoms with E-state index in [1.807, 2.05) is 13.0 Å². The van der Waals surface area contributed by atoms with Gasteiger partial charge in [0, 0.05) is 11.3 Å². The zero-order chi connectivity index (χ0) is 18.1. The van der Waals surface area contributed by atoms with Crippen LogP contribution in [-0.4, -0.2) is 25.7 Å². The second-order valence-electron chi connectivity index (χ2n) is 5.66. The molecule has 6 nitrogen and oxygen atoms in total. The van der Waals surface area contributed by atoms with Crippen LogP contribution in [0.1, 0.15) is 40.8 Å². The van der Waals surface area contributed by atoms with Gasteiger partial charge in [0.05, 0.1) is 22.9 Å². The van der Waals surface area contributed by atoms with Gasteiger partial charge in [0.2, 0.25) is 0 Å². The fourth-order valence-electron chi connectivity index (χ4n) is 2.89. The predicted molar refractivity (Wildman–Crippen MR) is 88.8 cm³/mol. The summed E-state index contributed by atoms with van der Waals surface area (Å²) < 4.78 is 16.0. The highest BCUT2D eigenvalue weighted by molar-refractivity contribution is 5.89. The Kier molecular flexibility index (Phi) is 4.19. The highest BCUT2D eigenvalue weighted by Gasteiger charge is 2.22. The summed E-state index contributed by atoms with van der Waals surface area (Å²) in [5.74, 6) is -1.74. The minimum Gasteiger partial charge on any atom is -0.477 e. The quantitative estimate of drug-likeness (QED) is 0.787. The van der Waals surface area contributed by atoms with Crippen LogP contribution in [0.5, 0.6) is 0 Å². The van der Waals surface area contributed by atoms with E-state index in [1.165, 1.54) is 28.8 Å². The number of rotatable bonds is 4. The fraction of sp³-hybridized carbons (Fsp3) is 0.222. The molecule has 3 rings (SSSR count). The van der Waals surface area contributed by atoms with Crippen LogP contribution >= 0.6 is 0 Å². The van der Waals surface area contributed by atoms with Crippen molar-refractivity contribution >= 4 is 11.6 Å². The molecule has 7 heteroatoms. The zero-order valence-corrected chi connectivity index (χ0v) is 13.7. The van der Waals surface area contributed by atoms with E-state index in [2.05, 4.69) is 10.1 Å². The van der Waals surface area contributed by atoms with Crippen molar-refractivity contribution in [1.82, 2.24) is 14.6 Å². The van der Waals surface area contributed by atoms with Gasteiger partial charge in [-0.15, -0.1) is 0 Å². The minimum absolute atomic E-state index is 0.0926. The number of aromatic nitrogens is 3. The van der Waals surface area contributed by atoms with Crippen LogP contribution in [-0.2, 0) is 6.42 Å².